The summed E-state index contributed by atoms with van der Waals surface area (Å²) >= 11 is 0. The van der Waals surface area contributed by atoms with E-state index in [-0.39, 0.29) is 31.2 Å². The Labute approximate surface area is 286 Å². The Balaban J connectivity index is 1.20. The van der Waals surface area contributed by atoms with Crippen molar-refractivity contribution in [1.29, 1.82) is 0 Å². The number of hydrogen-bond acceptors (Lipinski definition) is 8. The Morgan fingerprint density at radius 2 is 1.73 bits per heavy atom. The maximum atomic E-state index is 14.5. The zero-order valence-electron chi connectivity index (χ0n) is 27.6. The first-order chi connectivity index (χ1) is 23.6. The van der Waals surface area contributed by atoms with Crippen molar-refractivity contribution in [3.63, 3.8) is 0 Å². The molecule has 2 saturated carbocycles. The van der Waals surface area contributed by atoms with Crippen LogP contribution < -0.4 is 15.4 Å². The third-order valence-corrected chi connectivity index (χ3v) is 12.7. The van der Waals surface area contributed by atoms with Crippen molar-refractivity contribution in [2.75, 3.05) is 11.9 Å². The summed E-state index contributed by atoms with van der Waals surface area (Å²) in [5.74, 6) is -1.81. The maximum absolute atomic E-state index is 14.5. The number of carbonyl (C=O) groups excluding carboxylic acids is 3. The number of rotatable bonds is 7. The summed E-state index contributed by atoms with van der Waals surface area (Å²) in [5, 5.41) is 15.6. The second kappa shape index (κ2) is 13.1. The van der Waals surface area contributed by atoms with Gasteiger partial charge in [0.05, 0.1) is 17.0 Å². The average molecular weight is 686 g/mol. The molecule has 2 aliphatic carbocycles. The first kappa shape index (κ1) is 33.0. The molecule has 1 saturated heterocycles. The Bertz CT molecular complexity index is 1840. The molecule has 49 heavy (non-hydrogen) atoms. The lowest BCUT2D eigenvalue weighted by molar-refractivity contribution is -0.140. The Hall–Kier alpha value is -4.52. The topological polar surface area (TPSA) is 155 Å². The van der Waals surface area contributed by atoms with Crippen molar-refractivity contribution in [2.45, 2.75) is 93.1 Å². The lowest BCUT2D eigenvalue weighted by Crippen LogP contribution is -2.58. The number of benzene rings is 2. The van der Waals surface area contributed by atoms with Crippen LogP contribution >= 0.6 is 0 Å². The first-order valence-corrected chi connectivity index (χ1v) is 18.7. The van der Waals surface area contributed by atoms with E-state index >= 15 is 0 Å². The highest BCUT2D eigenvalue weighted by molar-refractivity contribution is 7.91. The van der Waals surface area contributed by atoms with E-state index in [4.69, 9.17) is 5.10 Å². The number of sulfonamides is 1. The fraction of sp³-hybridized carbons (Fsp3) is 0.472. The minimum absolute atomic E-state index is 0.196. The SMILES string of the molecule is CC1(S(=O)(=O)NC(=O)[C@@]23C[C@H]2C=CCCCCC[C@H](Nc2ccccc2)C(=O)N2C[C@H](n4ncc(-c5ccccc5)n4)C[C@H]2C(=O)N3)CC1. The number of fused-ring (bicyclic) bond motifs is 2. The van der Waals surface area contributed by atoms with Crippen LogP contribution in [0.2, 0.25) is 0 Å². The van der Waals surface area contributed by atoms with E-state index in [0.717, 1.165) is 36.9 Å². The van der Waals surface area contributed by atoms with Crippen LogP contribution in [0.5, 0.6) is 0 Å². The van der Waals surface area contributed by atoms with Crippen molar-refractivity contribution in [1.82, 2.24) is 29.9 Å². The van der Waals surface area contributed by atoms with Crippen LogP contribution in [0.15, 0.2) is 79.0 Å². The molecule has 2 aliphatic heterocycles. The molecule has 0 spiro atoms. The lowest BCUT2D eigenvalue weighted by Gasteiger charge is -2.30. The molecule has 3 amide bonds. The molecule has 0 unspecified atom stereocenters. The predicted octanol–water partition coefficient (Wildman–Crippen LogP) is 3.96. The molecule has 13 heteroatoms. The van der Waals surface area contributed by atoms with E-state index in [1.54, 1.807) is 22.8 Å². The Morgan fingerprint density at radius 3 is 2.47 bits per heavy atom. The fourth-order valence-electron chi connectivity index (χ4n) is 6.97. The van der Waals surface area contributed by atoms with Gasteiger partial charge in [-0.15, -0.1) is 0 Å². The monoisotopic (exact) mass is 685 g/mol. The average Bonchev–Trinajstić information content (AvgIpc) is 3.86. The van der Waals surface area contributed by atoms with Crippen LogP contribution in [0, 0.1) is 5.92 Å². The minimum Gasteiger partial charge on any atom is -0.374 e. The molecule has 3 fully saturated rings. The molecule has 3 aromatic rings. The number of para-hydroxylation sites is 1. The van der Waals surface area contributed by atoms with E-state index in [2.05, 4.69) is 20.5 Å². The van der Waals surface area contributed by atoms with Gasteiger partial charge in [-0.2, -0.15) is 15.0 Å². The normalized spacial score (nSPS) is 28.3. The van der Waals surface area contributed by atoms with Gasteiger partial charge in [0.2, 0.25) is 21.8 Å². The number of amides is 3. The quantitative estimate of drug-likeness (QED) is 0.316. The summed E-state index contributed by atoms with van der Waals surface area (Å²) in [5.41, 5.74) is 0.962. The molecule has 3 N–H and O–H groups in total. The van der Waals surface area contributed by atoms with Crippen molar-refractivity contribution >= 4 is 33.4 Å². The van der Waals surface area contributed by atoms with E-state index < -0.39 is 50.2 Å². The maximum Gasteiger partial charge on any atom is 0.259 e. The smallest absolute Gasteiger partial charge is 0.259 e. The third-order valence-electron chi connectivity index (χ3n) is 10.5. The predicted molar refractivity (Wildman–Crippen MR) is 184 cm³/mol. The van der Waals surface area contributed by atoms with Gasteiger partial charge in [-0.25, -0.2) is 8.42 Å². The van der Waals surface area contributed by atoms with Crippen LogP contribution in [0.4, 0.5) is 5.69 Å². The molecule has 0 bridgehead atoms. The first-order valence-electron chi connectivity index (χ1n) is 17.2. The summed E-state index contributed by atoms with van der Waals surface area (Å²) in [6, 6.07) is 17.3. The summed E-state index contributed by atoms with van der Waals surface area (Å²) in [4.78, 5) is 45.8. The standard InChI is InChI=1S/C36H43N7O5S/c1-35(19-20-35)49(47,48)41-34(46)36-22-26(36)15-9-3-2-4-12-18-29(38-27-16-10-6-11-17-27)33(45)42-24-28(21-31(42)32(44)39-36)43-37-23-30(40-43)25-13-7-5-8-14-25/h5-11,13-17,23,26,28-29,31,38H,2-4,12,18-22,24H2,1H3,(H,39,44)(H,41,46)/t26-,28-,29+,31+,36-/m1/s1. The molecule has 1 aromatic heterocycles. The number of carbonyl (C=O) groups is 3. The second-order valence-corrected chi connectivity index (χ2v) is 16.3. The molecule has 5 atom stereocenters. The summed E-state index contributed by atoms with van der Waals surface area (Å²) in [6.45, 7) is 1.82. The molecule has 7 rings (SSSR count). The molecule has 3 heterocycles. The van der Waals surface area contributed by atoms with Gasteiger partial charge in [0, 0.05) is 30.1 Å². The molecular formula is C36H43N7O5S. The Morgan fingerprint density at radius 1 is 1.00 bits per heavy atom. The van der Waals surface area contributed by atoms with Gasteiger partial charge in [0.15, 0.2) is 0 Å². The molecular weight excluding hydrogens is 643 g/mol. The van der Waals surface area contributed by atoms with E-state index in [9.17, 15) is 22.8 Å². The van der Waals surface area contributed by atoms with Gasteiger partial charge < -0.3 is 15.5 Å². The fourth-order valence-corrected chi connectivity index (χ4v) is 8.29. The number of nitrogens with one attached hydrogen (secondary N) is 3. The third kappa shape index (κ3) is 6.72. The lowest BCUT2D eigenvalue weighted by atomic mass is 10.0. The molecule has 0 radical (unpaired) electrons. The van der Waals surface area contributed by atoms with E-state index in [1.165, 1.54) is 0 Å². The number of allylic oxidation sites excluding steroid dienone is 1. The van der Waals surface area contributed by atoms with Gasteiger partial charge in [0.1, 0.15) is 23.3 Å². The van der Waals surface area contributed by atoms with Gasteiger partial charge in [0.25, 0.3) is 5.91 Å². The van der Waals surface area contributed by atoms with Crippen molar-refractivity contribution in [2.24, 2.45) is 5.92 Å². The Kier molecular flexibility index (Phi) is 8.80. The van der Waals surface area contributed by atoms with Crippen LogP contribution in [0.3, 0.4) is 0 Å². The van der Waals surface area contributed by atoms with Crippen molar-refractivity contribution in [3.8, 4) is 11.3 Å². The molecule has 258 valence electrons. The highest BCUT2D eigenvalue weighted by Gasteiger charge is 2.63. The summed E-state index contributed by atoms with van der Waals surface area (Å²) < 4.78 is 27.5. The number of hydrogen-bond donors (Lipinski definition) is 3. The zero-order valence-corrected chi connectivity index (χ0v) is 28.4. The largest absolute Gasteiger partial charge is 0.374 e. The van der Waals surface area contributed by atoms with Gasteiger partial charge in [-0.3, -0.25) is 19.1 Å². The summed E-state index contributed by atoms with van der Waals surface area (Å²) in [7, 11) is -3.93. The number of anilines is 1. The second-order valence-electron chi connectivity index (χ2n) is 14.1. The zero-order chi connectivity index (χ0) is 34.2. The van der Waals surface area contributed by atoms with Crippen molar-refractivity contribution in [3.05, 3.63) is 79.0 Å². The van der Waals surface area contributed by atoms with Crippen LogP contribution in [-0.4, -0.2) is 74.9 Å². The van der Waals surface area contributed by atoms with Gasteiger partial charge in [-0.05, 0) is 57.6 Å². The number of aromatic nitrogens is 3. The van der Waals surface area contributed by atoms with Crippen LogP contribution in [-0.2, 0) is 24.4 Å². The van der Waals surface area contributed by atoms with E-state index in [0.29, 0.717) is 25.0 Å². The molecule has 4 aliphatic rings. The molecule has 12 nitrogen and oxygen atoms in total. The summed E-state index contributed by atoms with van der Waals surface area (Å²) in [6.07, 6.45) is 11.0. The van der Waals surface area contributed by atoms with Crippen molar-refractivity contribution < 1.29 is 22.8 Å². The highest BCUT2D eigenvalue weighted by Crippen LogP contribution is 2.47. The minimum atomic E-state index is -3.93. The number of nitrogens with zero attached hydrogens (tertiary/aromatic N) is 4. The highest BCUT2D eigenvalue weighted by atomic mass is 32.2. The van der Waals surface area contributed by atoms with Gasteiger partial charge in [-0.1, -0.05) is 73.5 Å². The van der Waals surface area contributed by atoms with Gasteiger partial charge >= 0.3 is 0 Å². The van der Waals surface area contributed by atoms with Crippen LogP contribution in [0.25, 0.3) is 11.3 Å². The van der Waals surface area contributed by atoms with E-state index in [1.807, 2.05) is 72.8 Å². The molecule has 2 aromatic carbocycles. The van der Waals surface area contributed by atoms with Crippen LogP contribution in [0.1, 0.15) is 70.8 Å².